The van der Waals surface area contributed by atoms with E-state index < -0.39 is 28.8 Å². The number of hydrogen-bond acceptors (Lipinski definition) is 4. The summed E-state index contributed by atoms with van der Waals surface area (Å²) in [7, 11) is 1.33. The minimum Gasteiger partial charge on any atom is -0.322 e. The maximum absolute atomic E-state index is 13.3. The molecule has 4 rings (SSSR count). The number of nitrogens with zero attached hydrogens (tertiary/aromatic N) is 3. The zero-order chi connectivity index (χ0) is 21.4. The molecule has 1 N–H and O–H groups in total. The molecule has 0 aliphatic heterocycles. The Bertz CT molecular complexity index is 1390. The van der Waals surface area contributed by atoms with E-state index in [2.05, 4.69) is 10.3 Å². The van der Waals surface area contributed by atoms with E-state index in [4.69, 9.17) is 0 Å². The molecular formula is C21H14F2N4O3. The predicted octanol–water partition coefficient (Wildman–Crippen LogP) is 2.61. The molecule has 4 aromatic rings. The molecule has 0 saturated heterocycles. The number of hydrogen-bond donors (Lipinski definition) is 1. The van der Waals surface area contributed by atoms with Crippen LogP contribution in [0.2, 0.25) is 0 Å². The normalized spacial score (nSPS) is 10.9. The quantitative estimate of drug-likeness (QED) is 0.565. The number of benzene rings is 2. The predicted molar refractivity (Wildman–Crippen MR) is 107 cm³/mol. The minimum atomic E-state index is -0.845. The SMILES string of the molecule is Cn1c(=O)c2cc(C(=O)Nc3cc(F)cc(F)c3)cnc2n(-c2ccccc2)c1=O. The molecule has 0 radical (unpaired) electrons. The van der Waals surface area contributed by atoms with Crippen LogP contribution in [0.25, 0.3) is 16.7 Å². The molecular weight excluding hydrogens is 394 g/mol. The summed E-state index contributed by atoms with van der Waals surface area (Å²) in [4.78, 5) is 42.0. The van der Waals surface area contributed by atoms with Gasteiger partial charge in [-0.3, -0.25) is 14.2 Å². The van der Waals surface area contributed by atoms with E-state index in [0.29, 0.717) is 11.8 Å². The first-order valence-electron chi connectivity index (χ1n) is 8.80. The van der Waals surface area contributed by atoms with Gasteiger partial charge < -0.3 is 5.32 Å². The summed E-state index contributed by atoms with van der Waals surface area (Å²) in [6.07, 6.45) is 1.19. The van der Waals surface area contributed by atoms with Crippen molar-refractivity contribution in [1.29, 1.82) is 0 Å². The van der Waals surface area contributed by atoms with Gasteiger partial charge >= 0.3 is 5.69 Å². The lowest BCUT2D eigenvalue weighted by Gasteiger charge is -2.12. The van der Waals surface area contributed by atoms with Crippen LogP contribution in [0, 0.1) is 11.6 Å². The van der Waals surface area contributed by atoms with Crippen LogP contribution in [0.3, 0.4) is 0 Å². The van der Waals surface area contributed by atoms with Crippen molar-refractivity contribution < 1.29 is 13.6 Å². The summed E-state index contributed by atoms with van der Waals surface area (Å²) in [5.74, 6) is -2.40. The zero-order valence-electron chi connectivity index (χ0n) is 15.6. The van der Waals surface area contributed by atoms with Gasteiger partial charge in [0.25, 0.3) is 11.5 Å². The molecule has 0 aliphatic rings. The van der Waals surface area contributed by atoms with Crippen LogP contribution in [0.1, 0.15) is 10.4 Å². The topological polar surface area (TPSA) is 86.0 Å². The third-order valence-electron chi connectivity index (χ3n) is 4.49. The number of rotatable bonds is 3. The van der Waals surface area contributed by atoms with Crippen LogP contribution < -0.4 is 16.6 Å². The molecule has 9 heteroatoms. The number of carbonyl (C=O) groups is 1. The number of fused-ring (bicyclic) bond motifs is 1. The van der Waals surface area contributed by atoms with Crippen molar-refractivity contribution in [1.82, 2.24) is 14.1 Å². The summed E-state index contributed by atoms with van der Waals surface area (Å²) >= 11 is 0. The molecule has 0 saturated carbocycles. The monoisotopic (exact) mass is 408 g/mol. The number of nitrogens with one attached hydrogen (secondary N) is 1. The fraction of sp³-hybridized carbons (Fsp3) is 0.0476. The lowest BCUT2D eigenvalue weighted by atomic mass is 10.2. The molecule has 0 fully saturated rings. The van der Waals surface area contributed by atoms with Crippen molar-refractivity contribution in [3.8, 4) is 5.69 Å². The highest BCUT2D eigenvalue weighted by Gasteiger charge is 2.16. The Morgan fingerprint density at radius 1 is 1.00 bits per heavy atom. The number of halogens is 2. The Morgan fingerprint density at radius 2 is 1.67 bits per heavy atom. The van der Waals surface area contributed by atoms with Gasteiger partial charge in [-0.25, -0.2) is 23.1 Å². The Kier molecular flexibility index (Phi) is 4.71. The van der Waals surface area contributed by atoms with Gasteiger partial charge in [0.05, 0.1) is 16.6 Å². The molecule has 0 bridgehead atoms. The molecule has 1 amide bonds. The molecule has 7 nitrogen and oxygen atoms in total. The Labute approximate surface area is 167 Å². The Balaban J connectivity index is 1.84. The van der Waals surface area contributed by atoms with Crippen LogP contribution in [0.15, 0.2) is 70.4 Å². The van der Waals surface area contributed by atoms with E-state index >= 15 is 0 Å². The molecule has 150 valence electrons. The zero-order valence-corrected chi connectivity index (χ0v) is 15.6. The first kappa shape index (κ1) is 19.2. The van der Waals surface area contributed by atoms with Crippen LogP contribution >= 0.6 is 0 Å². The highest BCUT2D eigenvalue weighted by Crippen LogP contribution is 2.16. The fourth-order valence-corrected chi connectivity index (χ4v) is 3.06. The standard InChI is InChI=1S/C21H14F2N4O3/c1-26-20(29)17-7-12(19(28)25-15-9-13(22)8-14(23)10-15)11-24-18(17)27(21(26)30)16-5-3-2-4-6-16/h2-11H,1H3,(H,25,28). The van der Waals surface area contributed by atoms with Crippen LogP contribution in [0.4, 0.5) is 14.5 Å². The van der Waals surface area contributed by atoms with E-state index in [1.165, 1.54) is 23.9 Å². The van der Waals surface area contributed by atoms with Gasteiger partial charge in [0.15, 0.2) is 5.65 Å². The molecule has 30 heavy (non-hydrogen) atoms. The maximum Gasteiger partial charge on any atom is 0.337 e. The van der Waals surface area contributed by atoms with Gasteiger partial charge in [-0.05, 0) is 30.3 Å². The third-order valence-corrected chi connectivity index (χ3v) is 4.49. The molecule has 2 aromatic carbocycles. The van der Waals surface area contributed by atoms with Gasteiger partial charge in [-0.15, -0.1) is 0 Å². The fourth-order valence-electron chi connectivity index (χ4n) is 3.06. The van der Waals surface area contributed by atoms with Crippen LogP contribution in [-0.4, -0.2) is 20.0 Å². The summed E-state index contributed by atoms with van der Waals surface area (Å²) < 4.78 is 28.9. The first-order chi connectivity index (χ1) is 14.3. The third kappa shape index (κ3) is 3.37. The number of para-hydroxylation sites is 1. The lowest BCUT2D eigenvalue weighted by molar-refractivity contribution is 0.102. The Hall–Kier alpha value is -4.14. The molecule has 0 atom stereocenters. The summed E-state index contributed by atoms with van der Waals surface area (Å²) in [5, 5.41) is 2.40. The van der Waals surface area contributed by atoms with Crippen molar-refractivity contribution >= 4 is 22.6 Å². The van der Waals surface area contributed by atoms with E-state index in [0.717, 1.165) is 16.7 Å². The summed E-state index contributed by atoms with van der Waals surface area (Å²) in [6.45, 7) is 0. The first-order valence-corrected chi connectivity index (χ1v) is 8.80. The van der Waals surface area contributed by atoms with Gasteiger partial charge in [-0.1, -0.05) is 18.2 Å². The van der Waals surface area contributed by atoms with Gasteiger partial charge in [0.1, 0.15) is 11.6 Å². The number of aromatic nitrogens is 3. The molecule has 0 aliphatic carbocycles. The van der Waals surface area contributed by atoms with E-state index in [1.807, 2.05) is 0 Å². The largest absolute Gasteiger partial charge is 0.337 e. The van der Waals surface area contributed by atoms with Crippen molar-refractivity contribution in [2.24, 2.45) is 7.05 Å². The second-order valence-corrected chi connectivity index (χ2v) is 6.53. The number of carbonyl (C=O) groups excluding carboxylic acids is 1. The lowest BCUT2D eigenvalue weighted by Crippen LogP contribution is -2.38. The second kappa shape index (κ2) is 7.36. The molecule has 0 unspecified atom stereocenters. The maximum atomic E-state index is 13.3. The smallest absolute Gasteiger partial charge is 0.322 e. The summed E-state index contributed by atoms with van der Waals surface area (Å²) in [5.41, 5.74) is -0.715. The highest BCUT2D eigenvalue weighted by atomic mass is 19.1. The highest BCUT2D eigenvalue weighted by molar-refractivity contribution is 6.05. The van der Waals surface area contributed by atoms with Gasteiger partial charge in [0.2, 0.25) is 0 Å². The second-order valence-electron chi connectivity index (χ2n) is 6.53. The Morgan fingerprint density at radius 3 is 2.33 bits per heavy atom. The van der Waals surface area contributed by atoms with E-state index in [-0.39, 0.29) is 22.3 Å². The average Bonchev–Trinajstić information content (AvgIpc) is 2.72. The van der Waals surface area contributed by atoms with Crippen molar-refractivity contribution in [3.63, 3.8) is 0 Å². The number of anilines is 1. The van der Waals surface area contributed by atoms with Crippen LogP contribution in [0.5, 0.6) is 0 Å². The van der Waals surface area contributed by atoms with Crippen LogP contribution in [-0.2, 0) is 7.05 Å². The molecule has 2 aromatic heterocycles. The minimum absolute atomic E-state index is 0.0115. The number of pyridine rings is 1. The summed E-state index contributed by atoms with van der Waals surface area (Å²) in [6, 6.07) is 12.5. The van der Waals surface area contributed by atoms with Crippen molar-refractivity contribution in [2.75, 3.05) is 5.32 Å². The van der Waals surface area contributed by atoms with Gasteiger partial charge in [0, 0.05) is 25.0 Å². The van der Waals surface area contributed by atoms with E-state index in [9.17, 15) is 23.2 Å². The van der Waals surface area contributed by atoms with E-state index in [1.54, 1.807) is 30.3 Å². The van der Waals surface area contributed by atoms with Crippen molar-refractivity contribution in [3.05, 3.63) is 98.8 Å². The number of amides is 1. The molecule has 0 spiro atoms. The van der Waals surface area contributed by atoms with Crippen molar-refractivity contribution in [2.45, 2.75) is 0 Å². The molecule has 2 heterocycles. The van der Waals surface area contributed by atoms with Gasteiger partial charge in [-0.2, -0.15) is 0 Å². The average molecular weight is 408 g/mol.